The SMILES string of the molecule is CC(=O)c1cn(C)c2c(C)ccc(CC(F)(F)F)c12. The van der Waals surface area contributed by atoms with Crippen LogP contribution >= 0.6 is 0 Å². The minimum Gasteiger partial charge on any atom is -0.350 e. The van der Waals surface area contributed by atoms with Crippen molar-refractivity contribution in [2.75, 3.05) is 0 Å². The summed E-state index contributed by atoms with van der Waals surface area (Å²) in [5.41, 5.74) is 2.04. The van der Waals surface area contributed by atoms with Crippen molar-refractivity contribution < 1.29 is 18.0 Å². The zero-order chi connectivity index (χ0) is 14.4. The summed E-state index contributed by atoms with van der Waals surface area (Å²) < 4.78 is 39.6. The summed E-state index contributed by atoms with van der Waals surface area (Å²) in [5, 5.41) is 0.423. The van der Waals surface area contributed by atoms with Gasteiger partial charge in [-0.05, 0) is 25.0 Å². The van der Waals surface area contributed by atoms with Crippen LogP contribution in [0.5, 0.6) is 0 Å². The van der Waals surface area contributed by atoms with Gasteiger partial charge in [0.1, 0.15) is 0 Å². The number of rotatable bonds is 2. The fraction of sp³-hybridized carbons (Fsp3) is 0.357. The minimum atomic E-state index is -4.29. The van der Waals surface area contributed by atoms with Gasteiger partial charge in [0.2, 0.25) is 0 Å². The number of halogens is 3. The topological polar surface area (TPSA) is 22.0 Å². The quantitative estimate of drug-likeness (QED) is 0.760. The van der Waals surface area contributed by atoms with Crippen LogP contribution < -0.4 is 0 Å². The molecule has 0 aliphatic heterocycles. The van der Waals surface area contributed by atoms with E-state index >= 15 is 0 Å². The maximum absolute atomic E-state index is 12.6. The lowest BCUT2D eigenvalue weighted by Crippen LogP contribution is -2.12. The molecule has 102 valence electrons. The summed E-state index contributed by atoms with van der Waals surface area (Å²) in [6.07, 6.45) is -3.71. The van der Waals surface area contributed by atoms with Crippen LogP contribution in [0.25, 0.3) is 10.9 Å². The lowest BCUT2D eigenvalue weighted by molar-refractivity contribution is -0.127. The third kappa shape index (κ3) is 2.50. The van der Waals surface area contributed by atoms with Crippen molar-refractivity contribution in [3.8, 4) is 0 Å². The van der Waals surface area contributed by atoms with Crippen LogP contribution in [0.1, 0.15) is 28.4 Å². The number of alkyl halides is 3. The van der Waals surface area contributed by atoms with Gasteiger partial charge in [-0.2, -0.15) is 13.2 Å². The number of benzene rings is 1. The van der Waals surface area contributed by atoms with E-state index in [4.69, 9.17) is 0 Å². The van der Waals surface area contributed by atoms with Crippen molar-refractivity contribution in [3.05, 3.63) is 35.0 Å². The summed E-state index contributed by atoms with van der Waals surface area (Å²) >= 11 is 0. The Morgan fingerprint density at radius 3 is 2.47 bits per heavy atom. The standard InChI is InChI=1S/C14H14F3NO/c1-8-4-5-10(6-14(15,16)17)12-11(9(2)19)7-18(3)13(8)12/h4-5,7H,6H2,1-3H3. The fourth-order valence-corrected chi connectivity index (χ4v) is 2.45. The Labute approximate surface area is 108 Å². The second-order valence-electron chi connectivity index (χ2n) is 4.77. The first-order valence-electron chi connectivity index (χ1n) is 5.86. The molecular formula is C14H14F3NO. The molecule has 1 aromatic carbocycles. The lowest BCUT2D eigenvalue weighted by Gasteiger charge is -2.10. The average Bonchev–Trinajstić information content (AvgIpc) is 2.60. The normalized spacial score (nSPS) is 12.1. The van der Waals surface area contributed by atoms with E-state index in [1.807, 2.05) is 6.92 Å². The van der Waals surface area contributed by atoms with Crippen LogP contribution in [0.3, 0.4) is 0 Å². The predicted molar refractivity (Wildman–Crippen MR) is 67.4 cm³/mol. The van der Waals surface area contributed by atoms with Gasteiger partial charge in [-0.25, -0.2) is 0 Å². The monoisotopic (exact) mass is 269 g/mol. The fourth-order valence-electron chi connectivity index (χ4n) is 2.45. The van der Waals surface area contributed by atoms with Gasteiger partial charge in [-0.15, -0.1) is 0 Å². The van der Waals surface area contributed by atoms with Crippen molar-refractivity contribution in [1.82, 2.24) is 4.57 Å². The Bertz CT molecular complexity index is 653. The molecule has 0 saturated carbocycles. The van der Waals surface area contributed by atoms with Crippen molar-refractivity contribution in [3.63, 3.8) is 0 Å². The first-order chi connectivity index (χ1) is 8.70. The number of nitrogens with zero attached hydrogens (tertiary/aromatic N) is 1. The molecule has 2 rings (SSSR count). The number of hydrogen-bond donors (Lipinski definition) is 0. The maximum Gasteiger partial charge on any atom is 0.393 e. The van der Waals surface area contributed by atoms with Gasteiger partial charge in [0.25, 0.3) is 0 Å². The lowest BCUT2D eigenvalue weighted by atomic mass is 9.99. The number of carbonyl (C=O) groups excluding carboxylic acids is 1. The second kappa shape index (κ2) is 4.40. The Balaban J connectivity index is 2.78. The molecule has 1 heterocycles. The Morgan fingerprint density at radius 1 is 1.32 bits per heavy atom. The van der Waals surface area contributed by atoms with Crippen LogP contribution in [0.4, 0.5) is 13.2 Å². The second-order valence-corrected chi connectivity index (χ2v) is 4.77. The van der Waals surface area contributed by atoms with E-state index in [0.717, 1.165) is 5.56 Å². The van der Waals surface area contributed by atoms with Crippen molar-refractivity contribution >= 4 is 16.7 Å². The first-order valence-corrected chi connectivity index (χ1v) is 5.86. The third-order valence-electron chi connectivity index (χ3n) is 3.18. The molecule has 0 fully saturated rings. The number of fused-ring (bicyclic) bond motifs is 1. The molecule has 0 N–H and O–H groups in total. The summed E-state index contributed by atoms with van der Waals surface area (Å²) in [4.78, 5) is 11.6. The number of aryl methyl sites for hydroxylation is 2. The number of Topliss-reactive ketones (excluding diaryl/α,β-unsaturated/α-hetero) is 1. The smallest absolute Gasteiger partial charge is 0.350 e. The summed E-state index contributed by atoms with van der Waals surface area (Å²) in [6.45, 7) is 3.19. The third-order valence-corrected chi connectivity index (χ3v) is 3.18. The van der Waals surface area contributed by atoms with E-state index in [9.17, 15) is 18.0 Å². The van der Waals surface area contributed by atoms with E-state index < -0.39 is 12.6 Å². The van der Waals surface area contributed by atoms with Crippen LogP contribution in [-0.4, -0.2) is 16.5 Å². The summed E-state index contributed by atoms with van der Waals surface area (Å²) in [7, 11) is 1.74. The van der Waals surface area contributed by atoms with Crippen LogP contribution in [0.15, 0.2) is 18.3 Å². The highest BCUT2D eigenvalue weighted by molar-refractivity contribution is 6.08. The Hall–Kier alpha value is -1.78. The molecule has 2 nitrogen and oxygen atoms in total. The van der Waals surface area contributed by atoms with E-state index in [0.29, 0.717) is 16.5 Å². The molecule has 0 radical (unpaired) electrons. The molecule has 5 heteroatoms. The largest absolute Gasteiger partial charge is 0.393 e. The summed E-state index contributed by atoms with van der Waals surface area (Å²) in [6, 6.07) is 3.12. The molecule has 2 aromatic rings. The average molecular weight is 269 g/mol. The van der Waals surface area contributed by atoms with Crippen molar-refractivity contribution in [2.24, 2.45) is 7.05 Å². The molecule has 19 heavy (non-hydrogen) atoms. The molecule has 0 aliphatic rings. The van der Waals surface area contributed by atoms with Gasteiger partial charge in [-0.1, -0.05) is 12.1 Å². The minimum absolute atomic E-state index is 0.152. The molecule has 0 spiro atoms. The molecular weight excluding hydrogens is 255 g/mol. The van der Waals surface area contributed by atoms with Gasteiger partial charge in [0, 0.05) is 24.2 Å². The number of aromatic nitrogens is 1. The Kier molecular flexibility index (Phi) is 3.16. The van der Waals surface area contributed by atoms with Gasteiger partial charge in [0.15, 0.2) is 5.78 Å². The van der Waals surface area contributed by atoms with Gasteiger partial charge in [-0.3, -0.25) is 4.79 Å². The molecule has 0 saturated heterocycles. The van der Waals surface area contributed by atoms with E-state index in [1.165, 1.54) is 13.0 Å². The number of ketones is 1. The van der Waals surface area contributed by atoms with Gasteiger partial charge in [0.05, 0.1) is 11.9 Å². The van der Waals surface area contributed by atoms with E-state index in [2.05, 4.69) is 0 Å². The van der Waals surface area contributed by atoms with E-state index in [-0.39, 0.29) is 11.3 Å². The highest BCUT2D eigenvalue weighted by Gasteiger charge is 2.30. The molecule has 1 aromatic heterocycles. The molecule has 0 atom stereocenters. The first kappa shape index (κ1) is 13.6. The van der Waals surface area contributed by atoms with Crippen LogP contribution in [0, 0.1) is 6.92 Å². The zero-order valence-electron chi connectivity index (χ0n) is 10.9. The van der Waals surface area contributed by atoms with Crippen LogP contribution in [-0.2, 0) is 13.5 Å². The molecule has 0 amide bonds. The van der Waals surface area contributed by atoms with Gasteiger partial charge < -0.3 is 4.57 Å². The molecule has 0 aliphatic carbocycles. The molecule has 0 unspecified atom stereocenters. The number of hydrogen-bond acceptors (Lipinski definition) is 1. The molecule has 0 bridgehead atoms. The van der Waals surface area contributed by atoms with E-state index in [1.54, 1.807) is 23.9 Å². The number of carbonyl (C=O) groups is 1. The van der Waals surface area contributed by atoms with Crippen LogP contribution in [0.2, 0.25) is 0 Å². The zero-order valence-corrected chi connectivity index (χ0v) is 10.9. The maximum atomic E-state index is 12.6. The van der Waals surface area contributed by atoms with Crippen molar-refractivity contribution in [1.29, 1.82) is 0 Å². The predicted octanol–water partition coefficient (Wildman–Crippen LogP) is 3.79. The highest BCUT2D eigenvalue weighted by Crippen LogP contribution is 2.32. The highest BCUT2D eigenvalue weighted by atomic mass is 19.4. The summed E-state index contributed by atoms with van der Waals surface area (Å²) in [5.74, 6) is -0.223. The van der Waals surface area contributed by atoms with Gasteiger partial charge >= 0.3 is 6.18 Å². The van der Waals surface area contributed by atoms with Crippen molar-refractivity contribution in [2.45, 2.75) is 26.4 Å². The Morgan fingerprint density at radius 2 is 1.95 bits per heavy atom.